The third kappa shape index (κ3) is 4.31. The van der Waals surface area contributed by atoms with Crippen LogP contribution in [0.1, 0.15) is 4.88 Å². The normalized spacial score (nSPS) is 16.4. The summed E-state index contributed by atoms with van der Waals surface area (Å²) in [6.07, 6.45) is 2.03. The van der Waals surface area contributed by atoms with E-state index in [2.05, 4.69) is 62.5 Å². The number of benzene rings is 2. The van der Waals surface area contributed by atoms with Gasteiger partial charge in [0.2, 0.25) is 0 Å². The van der Waals surface area contributed by atoms with E-state index in [9.17, 15) is 0 Å². The van der Waals surface area contributed by atoms with E-state index in [4.69, 9.17) is 9.73 Å². The maximum atomic E-state index is 5.54. The summed E-state index contributed by atoms with van der Waals surface area (Å²) in [5.41, 5.74) is 4.85. The number of thiophene rings is 1. The van der Waals surface area contributed by atoms with Gasteiger partial charge in [-0.25, -0.2) is 4.99 Å². The summed E-state index contributed by atoms with van der Waals surface area (Å²) >= 11 is 1.83. The molecular weight excluding hydrogens is 404 g/mol. The van der Waals surface area contributed by atoms with Crippen molar-refractivity contribution < 1.29 is 4.74 Å². The van der Waals surface area contributed by atoms with Gasteiger partial charge in [0.25, 0.3) is 0 Å². The number of hydrogen-bond acceptors (Lipinski definition) is 6. The van der Waals surface area contributed by atoms with Crippen molar-refractivity contribution in [1.29, 1.82) is 0 Å². The van der Waals surface area contributed by atoms with Gasteiger partial charge in [-0.3, -0.25) is 4.90 Å². The Hall–Kier alpha value is -2.83. The van der Waals surface area contributed by atoms with Gasteiger partial charge in [-0.15, -0.1) is 11.3 Å². The smallest absolute Gasteiger partial charge is 0.142 e. The zero-order valence-corrected chi connectivity index (χ0v) is 18.7. The van der Waals surface area contributed by atoms with Crippen LogP contribution in [0.15, 0.2) is 65.0 Å². The zero-order valence-electron chi connectivity index (χ0n) is 17.9. The Morgan fingerprint density at radius 2 is 1.71 bits per heavy atom. The van der Waals surface area contributed by atoms with Gasteiger partial charge in [-0.1, -0.05) is 42.5 Å². The summed E-state index contributed by atoms with van der Waals surface area (Å²) in [5.74, 6) is 0.960. The third-order valence-electron chi connectivity index (χ3n) is 6.12. The van der Waals surface area contributed by atoms with Crippen LogP contribution in [0.4, 0.5) is 11.4 Å². The van der Waals surface area contributed by atoms with Crippen molar-refractivity contribution in [2.24, 2.45) is 4.99 Å². The number of rotatable bonds is 6. The van der Waals surface area contributed by atoms with Crippen molar-refractivity contribution in [2.45, 2.75) is 6.54 Å². The Morgan fingerprint density at radius 1 is 0.935 bits per heavy atom. The van der Waals surface area contributed by atoms with Gasteiger partial charge < -0.3 is 14.5 Å². The second-order valence-corrected chi connectivity index (χ2v) is 8.97. The fourth-order valence-electron chi connectivity index (χ4n) is 4.34. The number of aliphatic imine (C=N–C) groups is 1. The average Bonchev–Trinajstić information content (AvgIpc) is 3.27. The summed E-state index contributed by atoms with van der Waals surface area (Å²) in [6, 6.07) is 18.9. The molecule has 0 unspecified atom stereocenters. The molecule has 0 saturated carbocycles. The van der Waals surface area contributed by atoms with E-state index < -0.39 is 0 Å². The lowest BCUT2D eigenvalue weighted by Gasteiger charge is -2.37. The van der Waals surface area contributed by atoms with E-state index in [1.165, 1.54) is 21.7 Å². The van der Waals surface area contributed by atoms with E-state index >= 15 is 0 Å². The van der Waals surface area contributed by atoms with Crippen LogP contribution in [0, 0.1) is 0 Å². The number of anilines is 1. The molecule has 0 amide bonds. The van der Waals surface area contributed by atoms with Crippen molar-refractivity contribution >= 4 is 29.1 Å². The molecule has 0 spiro atoms. The van der Waals surface area contributed by atoms with Gasteiger partial charge in [0, 0.05) is 50.2 Å². The van der Waals surface area contributed by atoms with Crippen molar-refractivity contribution in [1.82, 2.24) is 9.80 Å². The Balaban J connectivity index is 1.14. The van der Waals surface area contributed by atoms with Gasteiger partial charge >= 0.3 is 0 Å². The van der Waals surface area contributed by atoms with Gasteiger partial charge in [-0.2, -0.15) is 0 Å². The van der Waals surface area contributed by atoms with Crippen LogP contribution < -0.4 is 9.64 Å². The number of hydrogen-bond donors (Lipinski definition) is 0. The van der Waals surface area contributed by atoms with Crippen LogP contribution in [0.25, 0.3) is 11.1 Å². The Kier molecular flexibility index (Phi) is 5.91. The van der Waals surface area contributed by atoms with E-state index in [0.29, 0.717) is 0 Å². The molecule has 0 atom stereocenters. The van der Waals surface area contributed by atoms with Crippen LogP contribution >= 0.6 is 11.3 Å². The second-order valence-electron chi connectivity index (χ2n) is 8.00. The highest BCUT2D eigenvalue weighted by molar-refractivity contribution is 7.11. The molecule has 2 aliphatic rings. The molecule has 2 aliphatic heterocycles. The average molecular weight is 433 g/mol. The van der Waals surface area contributed by atoms with Crippen molar-refractivity contribution in [3.63, 3.8) is 0 Å². The number of piperazine rings is 1. The molecule has 0 aliphatic carbocycles. The van der Waals surface area contributed by atoms with E-state index in [1.54, 1.807) is 7.11 Å². The largest absolute Gasteiger partial charge is 0.495 e. The van der Waals surface area contributed by atoms with Gasteiger partial charge in [0.1, 0.15) is 5.75 Å². The molecule has 2 aromatic carbocycles. The van der Waals surface area contributed by atoms with Crippen LogP contribution in [0.5, 0.6) is 5.75 Å². The Bertz CT molecular complexity index is 1040. The van der Waals surface area contributed by atoms with Gasteiger partial charge in [0.05, 0.1) is 36.2 Å². The van der Waals surface area contributed by atoms with Crippen molar-refractivity contribution in [3.8, 4) is 16.9 Å². The molecule has 0 bridgehead atoms. The molecule has 0 radical (unpaired) electrons. The van der Waals surface area contributed by atoms with Crippen molar-refractivity contribution in [2.75, 3.05) is 51.3 Å². The number of methoxy groups -OCH3 is 1. The molecule has 5 rings (SSSR count). The Labute approximate surface area is 188 Å². The fourth-order valence-corrected chi connectivity index (χ4v) is 5.37. The SMILES string of the molecule is COc1ccccc1N1CCN(CCN2C=Nc3c(-c4ccccc4)csc3C2)CC1. The first-order chi connectivity index (χ1) is 15.3. The standard InChI is InChI=1S/C25H28N4OS/c1-30-23-10-6-5-9-22(23)29-15-13-27(14-16-29)11-12-28-17-24-25(26-19-28)21(18-31-24)20-7-3-2-4-8-20/h2-10,18-19H,11-17H2,1H3. The quantitative estimate of drug-likeness (QED) is 0.564. The predicted octanol–water partition coefficient (Wildman–Crippen LogP) is 4.72. The molecule has 6 heteroatoms. The number of para-hydroxylation sites is 2. The summed E-state index contributed by atoms with van der Waals surface area (Å²) < 4.78 is 5.54. The molecule has 1 saturated heterocycles. The second kappa shape index (κ2) is 9.12. The van der Waals surface area contributed by atoms with E-state index in [0.717, 1.165) is 57.3 Å². The molecular formula is C25H28N4OS. The van der Waals surface area contributed by atoms with Gasteiger partial charge in [0.15, 0.2) is 0 Å². The number of nitrogens with zero attached hydrogens (tertiary/aromatic N) is 4. The lowest BCUT2D eigenvalue weighted by atomic mass is 10.1. The number of ether oxygens (including phenoxy) is 1. The molecule has 1 fully saturated rings. The minimum atomic E-state index is 0.956. The van der Waals surface area contributed by atoms with Crippen LogP contribution in [-0.2, 0) is 6.54 Å². The molecule has 1 aromatic heterocycles. The molecule has 3 heterocycles. The highest BCUT2D eigenvalue weighted by Gasteiger charge is 2.22. The monoisotopic (exact) mass is 432 g/mol. The van der Waals surface area contributed by atoms with Crippen LogP contribution in [0.3, 0.4) is 0 Å². The fraction of sp³-hybridized carbons (Fsp3) is 0.320. The molecule has 3 aromatic rings. The van der Waals surface area contributed by atoms with Crippen molar-refractivity contribution in [3.05, 3.63) is 64.9 Å². The van der Waals surface area contributed by atoms with Gasteiger partial charge in [-0.05, 0) is 17.7 Å². The van der Waals surface area contributed by atoms with Crippen LogP contribution in [0.2, 0.25) is 0 Å². The van der Waals surface area contributed by atoms with E-state index in [1.807, 2.05) is 29.8 Å². The minimum absolute atomic E-state index is 0.956. The maximum absolute atomic E-state index is 5.54. The first kappa shape index (κ1) is 20.1. The first-order valence-corrected chi connectivity index (χ1v) is 11.7. The molecule has 0 N–H and O–H groups in total. The molecule has 160 valence electrons. The third-order valence-corrected chi connectivity index (χ3v) is 7.08. The first-order valence-electron chi connectivity index (χ1n) is 10.9. The summed E-state index contributed by atoms with van der Waals surface area (Å²) in [5, 5.41) is 2.25. The van der Waals surface area contributed by atoms with Crippen LogP contribution in [-0.4, -0.2) is 62.5 Å². The maximum Gasteiger partial charge on any atom is 0.142 e. The highest BCUT2D eigenvalue weighted by atomic mass is 32.1. The lowest BCUT2D eigenvalue weighted by molar-refractivity contribution is 0.233. The number of fused-ring (bicyclic) bond motifs is 1. The molecule has 31 heavy (non-hydrogen) atoms. The van der Waals surface area contributed by atoms with E-state index in [-0.39, 0.29) is 0 Å². The highest BCUT2D eigenvalue weighted by Crippen LogP contribution is 2.40. The summed E-state index contributed by atoms with van der Waals surface area (Å²) in [6.45, 7) is 7.25. The lowest BCUT2D eigenvalue weighted by Crippen LogP contribution is -2.48. The molecule has 5 nitrogen and oxygen atoms in total. The zero-order chi connectivity index (χ0) is 21.0. The Morgan fingerprint density at radius 3 is 2.52 bits per heavy atom. The minimum Gasteiger partial charge on any atom is -0.495 e. The summed E-state index contributed by atoms with van der Waals surface area (Å²) in [4.78, 5) is 13.5. The summed E-state index contributed by atoms with van der Waals surface area (Å²) in [7, 11) is 1.75. The topological polar surface area (TPSA) is 31.3 Å². The predicted molar refractivity (Wildman–Crippen MR) is 130 cm³/mol.